The van der Waals surface area contributed by atoms with Crippen LogP contribution in [-0.2, 0) is 17.6 Å². The first-order chi connectivity index (χ1) is 14.6. The van der Waals surface area contributed by atoms with Crippen molar-refractivity contribution in [1.29, 1.82) is 0 Å². The van der Waals surface area contributed by atoms with Gasteiger partial charge in [-0.1, -0.05) is 17.7 Å². The van der Waals surface area contributed by atoms with Gasteiger partial charge in [-0.05, 0) is 75.5 Å². The van der Waals surface area contributed by atoms with Crippen molar-refractivity contribution in [3.05, 3.63) is 45.8 Å². The first kappa shape index (κ1) is 19.6. The van der Waals surface area contributed by atoms with Crippen LogP contribution in [0, 0.1) is 18.8 Å². The summed E-state index contributed by atoms with van der Waals surface area (Å²) < 4.78 is 0. The first-order valence-electron chi connectivity index (χ1n) is 11.1. The molecule has 1 aromatic carbocycles. The summed E-state index contributed by atoms with van der Waals surface area (Å²) >= 11 is 1.60. The number of aryl methyl sites for hydroxylation is 2. The molecule has 0 bridgehead atoms. The summed E-state index contributed by atoms with van der Waals surface area (Å²) in [5.74, 6) is 0.798. The van der Waals surface area contributed by atoms with E-state index in [9.17, 15) is 9.59 Å². The number of hydrogen-bond acceptors (Lipinski definition) is 4. The Kier molecular flexibility index (Phi) is 5.27. The molecule has 1 heterocycles. The van der Waals surface area contributed by atoms with Gasteiger partial charge in [0.15, 0.2) is 0 Å². The molecule has 1 unspecified atom stereocenters. The molecule has 2 fully saturated rings. The van der Waals surface area contributed by atoms with E-state index in [1.807, 2.05) is 0 Å². The smallest absolute Gasteiger partial charge is 0.254 e. The van der Waals surface area contributed by atoms with Gasteiger partial charge < -0.3 is 16.0 Å². The number of hydrogen-bond donors (Lipinski definition) is 3. The van der Waals surface area contributed by atoms with Crippen molar-refractivity contribution in [1.82, 2.24) is 5.32 Å². The van der Waals surface area contributed by atoms with E-state index in [-0.39, 0.29) is 23.8 Å². The minimum absolute atomic E-state index is 0.0264. The van der Waals surface area contributed by atoms with Crippen molar-refractivity contribution in [3.8, 4) is 0 Å². The van der Waals surface area contributed by atoms with Gasteiger partial charge in [0.1, 0.15) is 5.00 Å². The van der Waals surface area contributed by atoms with Crippen LogP contribution in [-0.4, -0.2) is 24.4 Å². The van der Waals surface area contributed by atoms with Gasteiger partial charge >= 0.3 is 0 Å². The zero-order valence-electron chi connectivity index (χ0n) is 17.4. The third kappa shape index (κ3) is 4.38. The van der Waals surface area contributed by atoms with Gasteiger partial charge in [0.25, 0.3) is 5.91 Å². The first-order valence-corrected chi connectivity index (χ1v) is 12.0. The molecule has 0 radical (unpaired) electrons. The highest BCUT2D eigenvalue weighted by molar-refractivity contribution is 7.17. The number of rotatable bonds is 7. The Bertz CT molecular complexity index is 958. The van der Waals surface area contributed by atoms with Gasteiger partial charge in [0, 0.05) is 29.1 Å². The van der Waals surface area contributed by atoms with Crippen LogP contribution >= 0.6 is 11.3 Å². The van der Waals surface area contributed by atoms with E-state index in [0.717, 1.165) is 54.9 Å². The van der Waals surface area contributed by atoms with E-state index in [0.29, 0.717) is 11.5 Å². The number of carbonyl (C=O) groups is 2. The molecule has 30 heavy (non-hydrogen) atoms. The molecular formula is C24H29N3O2S. The molecule has 6 heteroatoms. The monoisotopic (exact) mass is 423 g/mol. The fraction of sp³-hybridized carbons (Fsp3) is 0.500. The summed E-state index contributed by atoms with van der Waals surface area (Å²) in [6.45, 7) is 2.83. The second-order valence-corrected chi connectivity index (χ2v) is 10.2. The molecule has 0 aliphatic heterocycles. The van der Waals surface area contributed by atoms with Crippen LogP contribution in [0.25, 0.3) is 0 Å². The topological polar surface area (TPSA) is 70.2 Å². The Morgan fingerprint density at radius 2 is 1.83 bits per heavy atom. The van der Waals surface area contributed by atoms with E-state index in [2.05, 4.69) is 47.1 Å². The predicted octanol–water partition coefficient (Wildman–Crippen LogP) is 4.51. The fourth-order valence-corrected chi connectivity index (χ4v) is 5.37. The molecule has 2 saturated carbocycles. The van der Waals surface area contributed by atoms with Crippen LogP contribution in [0.1, 0.15) is 58.5 Å². The highest BCUT2D eigenvalue weighted by Gasteiger charge is 2.34. The van der Waals surface area contributed by atoms with E-state index in [4.69, 9.17) is 0 Å². The molecule has 5 rings (SSSR count). The van der Waals surface area contributed by atoms with Gasteiger partial charge in [-0.2, -0.15) is 0 Å². The minimum atomic E-state index is -0.0264. The van der Waals surface area contributed by atoms with E-state index >= 15 is 0 Å². The van der Waals surface area contributed by atoms with Gasteiger partial charge in [-0.3, -0.25) is 9.59 Å². The zero-order valence-corrected chi connectivity index (χ0v) is 18.2. The second-order valence-electron chi connectivity index (χ2n) is 9.07. The second kappa shape index (κ2) is 8.06. The number of amides is 2. The van der Waals surface area contributed by atoms with Crippen LogP contribution in [0.3, 0.4) is 0 Å². The molecule has 158 valence electrons. The molecule has 0 saturated heterocycles. The Balaban J connectivity index is 1.37. The molecule has 0 spiro atoms. The average Bonchev–Trinajstić information content (AvgIpc) is 3.64. The third-order valence-electron chi connectivity index (χ3n) is 6.34. The van der Waals surface area contributed by atoms with Crippen LogP contribution in [0.15, 0.2) is 24.3 Å². The van der Waals surface area contributed by atoms with Crippen LogP contribution in [0.4, 0.5) is 10.7 Å². The average molecular weight is 424 g/mol. The summed E-state index contributed by atoms with van der Waals surface area (Å²) in [5, 5.41) is 10.6. The standard InChI is InChI=1S/C24H29N3O2S/c1-14-2-8-17(9-3-14)26-18-10-11-20-19(12-18)21(23(29)25-13-15-4-5-15)24(30-20)27-22(28)16-6-7-16/h2-3,8-9,15-16,18,26H,4-7,10-13H2,1H3,(H,25,29)(H,27,28). The molecule has 2 aromatic rings. The van der Waals surface area contributed by atoms with Crippen molar-refractivity contribution in [2.45, 2.75) is 57.9 Å². The SMILES string of the molecule is Cc1ccc(NC2CCc3sc(NC(=O)C4CC4)c(C(=O)NCC4CC4)c3C2)cc1. The van der Waals surface area contributed by atoms with Gasteiger partial charge in [-0.15, -0.1) is 11.3 Å². The quantitative estimate of drug-likeness (QED) is 0.613. The van der Waals surface area contributed by atoms with Gasteiger partial charge in [0.2, 0.25) is 5.91 Å². The lowest BCUT2D eigenvalue weighted by Gasteiger charge is -2.25. The van der Waals surface area contributed by atoms with E-state index in [1.54, 1.807) is 11.3 Å². The Hall–Kier alpha value is -2.34. The van der Waals surface area contributed by atoms with E-state index in [1.165, 1.54) is 23.3 Å². The van der Waals surface area contributed by atoms with Crippen LogP contribution < -0.4 is 16.0 Å². The Labute approximate surface area is 181 Å². The molecule has 1 aromatic heterocycles. The summed E-state index contributed by atoms with van der Waals surface area (Å²) in [4.78, 5) is 26.8. The maximum Gasteiger partial charge on any atom is 0.254 e. The van der Waals surface area contributed by atoms with Crippen molar-refractivity contribution in [2.24, 2.45) is 11.8 Å². The highest BCUT2D eigenvalue weighted by atomic mass is 32.1. The number of nitrogens with one attached hydrogen (secondary N) is 3. The largest absolute Gasteiger partial charge is 0.382 e. The molecule has 2 amide bonds. The van der Waals surface area contributed by atoms with E-state index < -0.39 is 0 Å². The molecule has 3 aliphatic carbocycles. The summed E-state index contributed by atoms with van der Waals surface area (Å²) in [7, 11) is 0. The minimum Gasteiger partial charge on any atom is -0.382 e. The van der Waals surface area contributed by atoms with Crippen molar-refractivity contribution < 1.29 is 9.59 Å². The summed E-state index contributed by atoms with van der Waals surface area (Å²) in [5.41, 5.74) is 4.19. The van der Waals surface area contributed by atoms with Crippen molar-refractivity contribution in [2.75, 3.05) is 17.2 Å². The number of anilines is 2. The maximum absolute atomic E-state index is 13.1. The Morgan fingerprint density at radius 1 is 1.07 bits per heavy atom. The normalized spacial score (nSPS) is 20.4. The summed E-state index contributed by atoms with van der Waals surface area (Å²) in [6, 6.07) is 8.75. The van der Waals surface area contributed by atoms with Crippen molar-refractivity contribution >= 4 is 33.8 Å². The molecule has 5 nitrogen and oxygen atoms in total. The molecule has 3 N–H and O–H groups in total. The molecule has 3 aliphatic rings. The van der Waals surface area contributed by atoms with Crippen molar-refractivity contribution in [3.63, 3.8) is 0 Å². The fourth-order valence-electron chi connectivity index (χ4n) is 4.13. The lowest BCUT2D eigenvalue weighted by atomic mass is 9.91. The third-order valence-corrected chi connectivity index (χ3v) is 7.55. The van der Waals surface area contributed by atoms with Crippen LogP contribution in [0.2, 0.25) is 0 Å². The lowest BCUT2D eigenvalue weighted by Crippen LogP contribution is -2.31. The van der Waals surface area contributed by atoms with Gasteiger partial charge in [-0.25, -0.2) is 0 Å². The highest BCUT2D eigenvalue weighted by Crippen LogP contribution is 2.40. The number of carbonyl (C=O) groups excluding carboxylic acids is 2. The number of benzene rings is 1. The predicted molar refractivity (Wildman–Crippen MR) is 121 cm³/mol. The van der Waals surface area contributed by atoms with Gasteiger partial charge in [0.05, 0.1) is 5.56 Å². The van der Waals surface area contributed by atoms with Crippen LogP contribution in [0.5, 0.6) is 0 Å². The Morgan fingerprint density at radius 3 is 2.53 bits per heavy atom. The summed E-state index contributed by atoms with van der Waals surface area (Å²) in [6.07, 6.45) is 7.11. The number of thiophene rings is 1. The number of fused-ring (bicyclic) bond motifs is 1. The lowest BCUT2D eigenvalue weighted by molar-refractivity contribution is -0.117. The molecular weight excluding hydrogens is 394 g/mol. The maximum atomic E-state index is 13.1. The molecule has 1 atom stereocenters. The zero-order chi connectivity index (χ0) is 20.7.